The number of hydrogen-bond donors (Lipinski definition) is 0. The highest BCUT2D eigenvalue weighted by molar-refractivity contribution is 6.40. The largest absolute Gasteiger partial charge is 0.456 e. The summed E-state index contributed by atoms with van der Waals surface area (Å²) in [7, 11) is 0. The van der Waals surface area contributed by atoms with E-state index in [1.807, 2.05) is 6.07 Å². The van der Waals surface area contributed by atoms with Gasteiger partial charge in [-0.05, 0) is 84.9 Å². The molecule has 5 rings (SSSR count). The molecule has 0 heterocycles. The molecule has 0 amide bonds. The minimum absolute atomic E-state index is 0.133. The van der Waals surface area contributed by atoms with Crippen LogP contribution in [0.2, 0.25) is 0 Å². The second-order valence-electron chi connectivity index (χ2n) is 13.9. The molecule has 1 aromatic carbocycles. The Kier molecular flexibility index (Phi) is 7.83. The van der Waals surface area contributed by atoms with Gasteiger partial charge in [0.15, 0.2) is 0 Å². The maximum atomic E-state index is 12.6. The van der Waals surface area contributed by atoms with Crippen molar-refractivity contribution in [2.45, 2.75) is 92.6 Å². The second kappa shape index (κ2) is 10.9. The lowest BCUT2D eigenvalue weighted by molar-refractivity contribution is -0.145. The van der Waals surface area contributed by atoms with Gasteiger partial charge in [-0.15, -0.1) is 0 Å². The number of allylic oxidation sites excluding steroid dienone is 5. The number of esters is 1. The molecule has 8 atom stereocenters. The topological polar surface area (TPSA) is 43.4 Å². The van der Waals surface area contributed by atoms with E-state index < -0.39 is 11.8 Å². The quantitative estimate of drug-likeness (QED) is 0.154. The molecule has 0 radical (unpaired) electrons. The van der Waals surface area contributed by atoms with Crippen molar-refractivity contribution in [3.63, 3.8) is 0 Å². The van der Waals surface area contributed by atoms with Crippen LogP contribution < -0.4 is 0 Å². The van der Waals surface area contributed by atoms with Crippen molar-refractivity contribution in [2.75, 3.05) is 0 Å². The van der Waals surface area contributed by atoms with Crippen LogP contribution in [0.1, 0.15) is 96.8 Å². The number of Topliss-reactive ketones (excluding diaryl/α,β-unsaturated/α-hetero) is 1. The van der Waals surface area contributed by atoms with Gasteiger partial charge >= 0.3 is 5.97 Å². The van der Waals surface area contributed by atoms with Gasteiger partial charge in [0.2, 0.25) is 0 Å². The van der Waals surface area contributed by atoms with Crippen LogP contribution in [0.15, 0.2) is 65.8 Å². The predicted octanol–water partition coefficient (Wildman–Crippen LogP) is 8.76. The van der Waals surface area contributed by atoms with Gasteiger partial charge in [-0.25, -0.2) is 4.79 Å². The molecular weight excluding hydrogens is 480 g/mol. The van der Waals surface area contributed by atoms with Gasteiger partial charge in [0.25, 0.3) is 5.78 Å². The average molecular weight is 529 g/mol. The first-order valence-corrected chi connectivity index (χ1v) is 15.4. The van der Waals surface area contributed by atoms with Gasteiger partial charge < -0.3 is 4.74 Å². The van der Waals surface area contributed by atoms with Crippen LogP contribution in [0, 0.1) is 46.3 Å². The predicted molar refractivity (Wildman–Crippen MR) is 158 cm³/mol. The number of fused-ring (bicyclic) bond motifs is 5. The zero-order valence-corrected chi connectivity index (χ0v) is 24.9. The molecule has 0 unspecified atom stereocenters. The van der Waals surface area contributed by atoms with E-state index in [4.69, 9.17) is 4.74 Å². The molecule has 1 aromatic rings. The van der Waals surface area contributed by atoms with Crippen molar-refractivity contribution < 1.29 is 14.3 Å². The summed E-state index contributed by atoms with van der Waals surface area (Å²) in [6.45, 7) is 14.5. The summed E-state index contributed by atoms with van der Waals surface area (Å²) in [5.74, 6) is 2.67. The minimum Gasteiger partial charge on any atom is -0.456 e. The van der Waals surface area contributed by atoms with E-state index in [0.29, 0.717) is 40.6 Å². The highest BCUT2D eigenvalue weighted by atomic mass is 16.5. The van der Waals surface area contributed by atoms with E-state index in [9.17, 15) is 9.59 Å². The average Bonchev–Trinajstić information content (AvgIpc) is 3.29. The fraction of sp³-hybridized carbons (Fsp3) is 0.611. The number of ketones is 1. The van der Waals surface area contributed by atoms with Crippen molar-refractivity contribution >= 4 is 11.8 Å². The Bertz CT molecular complexity index is 1170. The molecule has 0 spiro atoms. The monoisotopic (exact) mass is 528 g/mol. The number of rotatable bonds is 7. The third kappa shape index (κ3) is 5.11. The summed E-state index contributed by atoms with van der Waals surface area (Å²) in [6, 6.07) is 8.73. The lowest BCUT2D eigenvalue weighted by atomic mass is 9.50. The third-order valence-electron chi connectivity index (χ3n) is 11.5. The highest BCUT2D eigenvalue weighted by Crippen LogP contribution is 2.66. The van der Waals surface area contributed by atoms with E-state index in [0.717, 1.165) is 25.2 Å². The normalized spacial score (nSPS) is 35.4. The Balaban J connectivity index is 1.29. The van der Waals surface area contributed by atoms with E-state index in [-0.39, 0.29) is 11.5 Å². The molecule has 3 fully saturated rings. The Morgan fingerprint density at radius 2 is 1.64 bits per heavy atom. The molecule has 0 aromatic heterocycles. The Labute approximate surface area is 236 Å². The maximum absolute atomic E-state index is 12.6. The Morgan fingerprint density at radius 1 is 0.897 bits per heavy atom. The fourth-order valence-electron chi connectivity index (χ4n) is 8.59. The molecule has 0 aliphatic heterocycles. The molecule has 0 N–H and O–H groups in total. The van der Waals surface area contributed by atoms with Crippen molar-refractivity contribution in [3.05, 3.63) is 71.3 Å². The van der Waals surface area contributed by atoms with Crippen LogP contribution in [0.4, 0.5) is 0 Å². The third-order valence-corrected chi connectivity index (χ3v) is 11.5. The molecule has 0 saturated heterocycles. The molecule has 39 heavy (non-hydrogen) atoms. The molecule has 3 nitrogen and oxygen atoms in total. The molecule has 0 bridgehead atoms. The van der Waals surface area contributed by atoms with Gasteiger partial charge in [0.1, 0.15) is 6.10 Å². The summed E-state index contributed by atoms with van der Waals surface area (Å²) < 4.78 is 5.76. The maximum Gasteiger partial charge on any atom is 0.379 e. The number of hydrogen-bond acceptors (Lipinski definition) is 3. The van der Waals surface area contributed by atoms with Crippen LogP contribution >= 0.6 is 0 Å². The van der Waals surface area contributed by atoms with E-state index in [1.165, 1.54) is 31.3 Å². The fourth-order valence-corrected chi connectivity index (χ4v) is 8.59. The molecule has 4 aliphatic rings. The van der Waals surface area contributed by atoms with E-state index in [2.05, 4.69) is 65.8 Å². The smallest absolute Gasteiger partial charge is 0.379 e. The van der Waals surface area contributed by atoms with Crippen molar-refractivity contribution in [1.82, 2.24) is 0 Å². The van der Waals surface area contributed by atoms with Crippen LogP contribution in [-0.4, -0.2) is 17.9 Å². The lowest BCUT2D eigenvalue weighted by Gasteiger charge is -2.55. The van der Waals surface area contributed by atoms with E-state index >= 15 is 0 Å². The zero-order valence-electron chi connectivity index (χ0n) is 24.9. The molecule has 3 heteroatoms. The lowest BCUT2D eigenvalue weighted by Crippen LogP contribution is -2.47. The SMILES string of the molecule is CC(C)[C@@H](C)/C=C/[C@@H](C)[C@@H]1CC[C@@H]2C3=CC=C4C[C@H](OC(=O)C(=O)c5ccccc5)CC[C@]4(C)[C@H]3CC[C@]21C. The van der Waals surface area contributed by atoms with Crippen LogP contribution in [0.25, 0.3) is 0 Å². The zero-order chi connectivity index (χ0) is 27.9. The number of carbonyl (C=O) groups excluding carboxylic acids is 2. The standard InChI is InChI=1S/C36H48O3/c1-23(2)24(3)12-13-25(4)30-16-17-31-29-15-14-27-22-28(39-34(38)33(37)26-10-8-7-9-11-26)18-20-35(27,5)32(29)19-21-36(30,31)6/h7-15,23-25,28,30-32H,16-22H2,1-6H3/b13-12+/t24-,25+,28+,30-,31+,32-,35-,36-/m0/s1. The first kappa shape index (κ1) is 28.1. The van der Waals surface area contributed by atoms with Gasteiger partial charge in [-0.2, -0.15) is 0 Å². The summed E-state index contributed by atoms with van der Waals surface area (Å²) in [5, 5.41) is 0. The van der Waals surface area contributed by atoms with Gasteiger partial charge in [-0.1, -0.05) is 107 Å². The van der Waals surface area contributed by atoms with E-state index in [1.54, 1.807) is 29.8 Å². The molecule has 3 saturated carbocycles. The van der Waals surface area contributed by atoms with Gasteiger partial charge in [-0.3, -0.25) is 4.79 Å². The van der Waals surface area contributed by atoms with Crippen molar-refractivity contribution in [3.8, 4) is 0 Å². The van der Waals surface area contributed by atoms with Crippen molar-refractivity contribution in [2.24, 2.45) is 46.3 Å². The molecule has 210 valence electrons. The number of carbonyl (C=O) groups is 2. The Hall–Kier alpha value is -2.42. The number of ether oxygens (including phenoxy) is 1. The minimum atomic E-state index is -0.723. The highest BCUT2D eigenvalue weighted by Gasteiger charge is 2.57. The summed E-state index contributed by atoms with van der Waals surface area (Å²) in [4.78, 5) is 25.2. The van der Waals surface area contributed by atoms with Crippen molar-refractivity contribution in [1.29, 1.82) is 0 Å². The Morgan fingerprint density at radius 3 is 2.36 bits per heavy atom. The van der Waals surface area contributed by atoms with Gasteiger partial charge in [0.05, 0.1) is 0 Å². The first-order valence-electron chi connectivity index (χ1n) is 15.4. The van der Waals surface area contributed by atoms with Crippen LogP contribution in [0.5, 0.6) is 0 Å². The molecule has 4 aliphatic carbocycles. The summed E-state index contributed by atoms with van der Waals surface area (Å²) in [5.41, 5.74) is 4.00. The summed E-state index contributed by atoms with van der Waals surface area (Å²) >= 11 is 0. The van der Waals surface area contributed by atoms with Crippen LogP contribution in [0.3, 0.4) is 0 Å². The number of benzene rings is 1. The molecular formula is C36H48O3. The first-order chi connectivity index (χ1) is 18.5. The van der Waals surface area contributed by atoms with Gasteiger partial charge in [0, 0.05) is 12.0 Å². The second-order valence-corrected chi connectivity index (χ2v) is 13.9. The summed E-state index contributed by atoms with van der Waals surface area (Å²) in [6.07, 6.45) is 17.3. The van der Waals surface area contributed by atoms with Crippen LogP contribution in [-0.2, 0) is 9.53 Å².